The summed E-state index contributed by atoms with van der Waals surface area (Å²) in [5, 5.41) is 5.05. The minimum Gasteiger partial charge on any atom is -0.376 e. The van der Waals surface area contributed by atoms with E-state index in [0.29, 0.717) is 30.3 Å². The van der Waals surface area contributed by atoms with Crippen LogP contribution < -0.4 is 10.9 Å². The topological polar surface area (TPSA) is 57.4 Å². The minimum atomic E-state index is -0.0695. The molecule has 2 N–H and O–H groups in total. The Hall–Kier alpha value is -2.70. The van der Waals surface area contributed by atoms with Gasteiger partial charge in [0.05, 0.1) is 12.6 Å². The molecule has 1 aliphatic rings. The minimum absolute atomic E-state index is 0.0695. The number of fused-ring (bicyclic) bond motifs is 1. The normalized spacial score (nSPS) is 15.8. The SMILES string of the molecule is CCc1ccc2[nH]c(=O)c(CN(C[C@H]3CCCO3)C(=S)NCc3ccccc3)cc2c1. The Kier molecular flexibility index (Phi) is 6.99. The number of thiocarbonyl (C=S) groups is 1. The van der Waals surface area contributed by atoms with E-state index in [1.807, 2.05) is 30.3 Å². The Morgan fingerprint density at radius 1 is 1.19 bits per heavy atom. The number of hydrogen-bond donors (Lipinski definition) is 2. The van der Waals surface area contributed by atoms with Gasteiger partial charge in [-0.2, -0.15) is 0 Å². The van der Waals surface area contributed by atoms with Crippen LogP contribution in [0.15, 0.2) is 59.4 Å². The van der Waals surface area contributed by atoms with E-state index >= 15 is 0 Å². The van der Waals surface area contributed by atoms with Gasteiger partial charge in [-0.3, -0.25) is 4.79 Å². The average molecular weight is 436 g/mol. The Balaban J connectivity index is 1.55. The molecule has 1 aromatic heterocycles. The largest absolute Gasteiger partial charge is 0.376 e. The molecule has 1 atom stereocenters. The predicted molar refractivity (Wildman–Crippen MR) is 129 cm³/mol. The zero-order valence-electron chi connectivity index (χ0n) is 17.9. The second-order valence-electron chi connectivity index (χ2n) is 8.06. The van der Waals surface area contributed by atoms with E-state index in [-0.39, 0.29) is 11.7 Å². The van der Waals surface area contributed by atoms with Gasteiger partial charge < -0.3 is 19.9 Å². The third-order valence-corrected chi connectivity index (χ3v) is 6.18. The molecule has 1 fully saturated rings. The van der Waals surface area contributed by atoms with Crippen molar-refractivity contribution in [2.75, 3.05) is 13.2 Å². The molecular weight excluding hydrogens is 406 g/mol. The van der Waals surface area contributed by atoms with Crippen LogP contribution in [0.4, 0.5) is 0 Å². The molecule has 2 aromatic carbocycles. The van der Waals surface area contributed by atoms with Crippen LogP contribution in [0.1, 0.15) is 36.5 Å². The second kappa shape index (κ2) is 10.1. The van der Waals surface area contributed by atoms with E-state index < -0.39 is 0 Å². The van der Waals surface area contributed by atoms with Crippen molar-refractivity contribution in [3.8, 4) is 0 Å². The van der Waals surface area contributed by atoms with E-state index in [1.54, 1.807) is 0 Å². The zero-order chi connectivity index (χ0) is 21.6. The van der Waals surface area contributed by atoms with Crippen LogP contribution in [0, 0.1) is 0 Å². The lowest BCUT2D eigenvalue weighted by Gasteiger charge is -2.28. The fourth-order valence-corrected chi connectivity index (χ4v) is 4.19. The highest BCUT2D eigenvalue weighted by molar-refractivity contribution is 7.80. The highest BCUT2D eigenvalue weighted by Crippen LogP contribution is 2.18. The van der Waals surface area contributed by atoms with Gasteiger partial charge in [0.15, 0.2) is 5.11 Å². The van der Waals surface area contributed by atoms with Crippen molar-refractivity contribution >= 4 is 28.2 Å². The zero-order valence-corrected chi connectivity index (χ0v) is 18.7. The fourth-order valence-electron chi connectivity index (χ4n) is 3.98. The molecule has 3 aromatic rings. The molecule has 0 saturated carbocycles. The molecule has 0 aliphatic carbocycles. The lowest BCUT2D eigenvalue weighted by molar-refractivity contribution is 0.0896. The summed E-state index contributed by atoms with van der Waals surface area (Å²) in [6.45, 7) is 4.69. The molecule has 4 rings (SSSR count). The number of aryl methyl sites for hydroxylation is 1. The number of pyridine rings is 1. The third kappa shape index (κ3) is 5.51. The van der Waals surface area contributed by atoms with Crippen molar-refractivity contribution in [2.45, 2.75) is 45.4 Å². The second-order valence-corrected chi connectivity index (χ2v) is 8.45. The van der Waals surface area contributed by atoms with Crippen LogP contribution in [-0.4, -0.2) is 34.3 Å². The summed E-state index contributed by atoms with van der Waals surface area (Å²) < 4.78 is 5.85. The number of hydrogen-bond acceptors (Lipinski definition) is 3. The first kappa shape index (κ1) is 21.5. The molecule has 31 heavy (non-hydrogen) atoms. The maximum Gasteiger partial charge on any atom is 0.253 e. The molecule has 1 saturated heterocycles. The van der Waals surface area contributed by atoms with Crippen LogP contribution in [0.2, 0.25) is 0 Å². The summed E-state index contributed by atoms with van der Waals surface area (Å²) in [5.41, 5.74) is 3.92. The summed E-state index contributed by atoms with van der Waals surface area (Å²) in [5.74, 6) is 0. The number of ether oxygens (including phenoxy) is 1. The Bertz CT molecular complexity index is 1090. The lowest BCUT2D eigenvalue weighted by atomic mass is 10.1. The summed E-state index contributed by atoms with van der Waals surface area (Å²) in [4.78, 5) is 17.9. The van der Waals surface area contributed by atoms with Crippen molar-refractivity contribution in [1.82, 2.24) is 15.2 Å². The number of aromatic nitrogens is 1. The molecule has 0 radical (unpaired) electrons. The van der Waals surface area contributed by atoms with Gasteiger partial charge in [0.1, 0.15) is 0 Å². The van der Waals surface area contributed by atoms with Gasteiger partial charge in [-0.15, -0.1) is 0 Å². The first-order valence-corrected chi connectivity index (χ1v) is 11.4. The van der Waals surface area contributed by atoms with Gasteiger partial charge in [-0.1, -0.05) is 43.3 Å². The van der Waals surface area contributed by atoms with E-state index in [0.717, 1.165) is 42.3 Å². The molecule has 1 aliphatic heterocycles. The average Bonchev–Trinajstić information content (AvgIpc) is 3.31. The Labute approximate surface area is 188 Å². The summed E-state index contributed by atoms with van der Waals surface area (Å²) in [7, 11) is 0. The number of benzene rings is 2. The van der Waals surface area contributed by atoms with Crippen molar-refractivity contribution < 1.29 is 4.74 Å². The first-order chi connectivity index (χ1) is 15.1. The molecule has 0 unspecified atom stereocenters. The third-order valence-electron chi connectivity index (χ3n) is 5.78. The van der Waals surface area contributed by atoms with Crippen LogP contribution in [0.3, 0.4) is 0 Å². The maximum atomic E-state index is 12.8. The molecule has 5 nitrogen and oxygen atoms in total. The smallest absolute Gasteiger partial charge is 0.253 e. The van der Waals surface area contributed by atoms with Crippen LogP contribution in [-0.2, 0) is 24.2 Å². The summed E-state index contributed by atoms with van der Waals surface area (Å²) >= 11 is 5.73. The van der Waals surface area contributed by atoms with E-state index in [1.165, 1.54) is 5.56 Å². The number of rotatable bonds is 7. The molecule has 162 valence electrons. The van der Waals surface area contributed by atoms with Crippen LogP contribution in [0.5, 0.6) is 0 Å². The Morgan fingerprint density at radius 3 is 2.77 bits per heavy atom. The van der Waals surface area contributed by atoms with Gasteiger partial charge in [0.2, 0.25) is 0 Å². The molecule has 2 heterocycles. The molecule has 0 spiro atoms. The number of nitrogens with one attached hydrogen (secondary N) is 2. The van der Waals surface area contributed by atoms with E-state index in [4.69, 9.17) is 17.0 Å². The molecule has 0 amide bonds. The van der Waals surface area contributed by atoms with Crippen molar-refractivity contribution in [3.05, 3.63) is 81.6 Å². The standard InChI is InChI=1S/C25H29N3O2S/c1-2-18-10-11-23-20(13-18)14-21(24(29)27-23)16-28(17-22-9-6-12-30-22)25(31)26-15-19-7-4-3-5-8-19/h3-5,7-8,10-11,13-14,22H,2,6,9,12,15-17H2,1H3,(H,26,31)(H,27,29)/t22-/m1/s1. The quantitative estimate of drug-likeness (QED) is 0.546. The monoisotopic (exact) mass is 435 g/mol. The van der Waals surface area contributed by atoms with Crippen molar-refractivity contribution in [2.24, 2.45) is 0 Å². The number of nitrogens with zero attached hydrogens (tertiary/aromatic N) is 1. The van der Waals surface area contributed by atoms with Crippen LogP contribution >= 0.6 is 12.2 Å². The first-order valence-electron chi connectivity index (χ1n) is 11.0. The molecular formula is C25H29N3O2S. The molecule has 0 bridgehead atoms. The van der Waals surface area contributed by atoms with E-state index in [9.17, 15) is 4.79 Å². The summed E-state index contributed by atoms with van der Waals surface area (Å²) in [6.07, 6.45) is 3.19. The Morgan fingerprint density at radius 2 is 2.03 bits per heavy atom. The van der Waals surface area contributed by atoms with Gasteiger partial charge in [0, 0.05) is 30.8 Å². The summed E-state index contributed by atoms with van der Waals surface area (Å²) in [6, 6.07) is 18.4. The van der Waals surface area contributed by atoms with Gasteiger partial charge in [0.25, 0.3) is 5.56 Å². The highest BCUT2D eigenvalue weighted by Gasteiger charge is 2.22. The fraction of sp³-hybridized carbons (Fsp3) is 0.360. The number of H-pyrrole nitrogens is 1. The van der Waals surface area contributed by atoms with E-state index in [2.05, 4.69) is 46.4 Å². The molecule has 6 heteroatoms. The van der Waals surface area contributed by atoms with Gasteiger partial charge in [-0.05, 0) is 66.2 Å². The lowest BCUT2D eigenvalue weighted by Crippen LogP contribution is -2.43. The number of aromatic amines is 1. The predicted octanol–water partition coefficient (Wildman–Crippen LogP) is 4.15. The maximum absolute atomic E-state index is 12.8. The van der Waals surface area contributed by atoms with Crippen molar-refractivity contribution in [3.63, 3.8) is 0 Å². The van der Waals surface area contributed by atoms with Gasteiger partial charge >= 0.3 is 0 Å². The highest BCUT2D eigenvalue weighted by atomic mass is 32.1. The van der Waals surface area contributed by atoms with Crippen molar-refractivity contribution in [1.29, 1.82) is 0 Å². The van der Waals surface area contributed by atoms with Crippen LogP contribution in [0.25, 0.3) is 10.9 Å². The van der Waals surface area contributed by atoms with Gasteiger partial charge in [-0.25, -0.2) is 0 Å².